The van der Waals surface area contributed by atoms with Gasteiger partial charge in [0.1, 0.15) is 5.75 Å². The molecule has 1 aliphatic heterocycles. The van der Waals surface area contributed by atoms with Crippen molar-refractivity contribution in [3.63, 3.8) is 0 Å². The number of nitrogens with one attached hydrogen (secondary N) is 1. The molecule has 4 rings (SSSR count). The first-order valence-corrected chi connectivity index (χ1v) is 9.75. The number of alkyl halides is 2. The number of carbonyl (C=O) groups excluding carboxylic acids is 3. The molecule has 0 bridgehead atoms. The average Bonchev–Trinajstić information content (AvgIpc) is 3.01. The molecule has 1 N–H and O–H groups in total. The van der Waals surface area contributed by atoms with Gasteiger partial charge in [-0.25, -0.2) is 0 Å². The Bertz CT molecular complexity index is 1190. The second-order valence-electron chi connectivity index (χ2n) is 7.20. The van der Waals surface area contributed by atoms with Gasteiger partial charge in [0, 0.05) is 16.8 Å². The third-order valence-corrected chi connectivity index (χ3v) is 5.16. The summed E-state index contributed by atoms with van der Waals surface area (Å²) in [5.41, 5.74) is 2.29. The van der Waals surface area contributed by atoms with Crippen LogP contribution < -0.4 is 10.1 Å². The van der Waals surface area contributed by atoms with Gasteiger partial charge < -0.3 is 10.1 Å². The van der Waals surface area contributed by atoms with E-state index in [2.05, 4.69) is 10.1 Å². The first-order chi connectivity index (χ1) is 15.3. The molecule has 6 nitrogen and oxygen atoms in total. The minimum Gasteiger partial charge on any atom is -0.434 e. The fraction of sp³-hybridized carbons (Fsp3) is 0.125. The lowest BCUT2D eigenvalue weighted by molar-refractivity contribution is -0.0502. The van der Waals surface area contributed by atoms with Gasteiger partial charge in [0.2, 0.25) is 0 Å². The molecular weight excluding hydrogens is 418 g/mol. The zero-order valence-electron chi connectivity index (χ0n) is 17.0. The third-order valence-electron chi connectivity index (χ3n) is 5.16. The number of ether oxygens (including phenoxy) is 1. The Balaban J connectivity index is 1.51. The van der Waals surface area contributed by atoms with Gasteiger partial charge in [0.05, 0.1) is 17.7 Å². The Kier molecular flexibility index (Phi) is 5.68. The highest BCUT2D eigenvalue weighted by atomic mass is 19.3. The molecule has 0 unspecified atom stereocenters. The fourth-order valence-electron chi connectivity index (χ4n) is 3.54. The highest BCUT2D eigenvalue weighted by molar-refractivity contribution is 6.21. The molecule has 162 valence electrons. The van der Waals surface area contributed by atoms with Gasteiger partial charge in [-0.15, -0.1) is 0 Å². The van der Waals surface area contributed by atoms with Crippen LogP contribution in [0.4, 0.5) is 14.5 Å². The van der Waals surface area contributed by atoms with E-state index in [4.69, 9.17) is 0 Å². The Hall–Kier alpha value is -4.07. The molecule has 0 spiro atoms. The molecule has 0 saturated heterocycles. The number of nitrogens with zero attached hydrogens (tertiary/aromatic N) is 1. The molecule has 0 aliphatic carbocycles. The summed E-state index contributed by atoms with van der Waals surface area (Å²) >= 11 is 0. The highest BCUT2D eigenvalue weighted by Gasteiger charge is 2.35. The smallest absolute Gasteiger partial charge is 0.387 e. The molecule has 1 aliphatic rings. The lowest BCUT2D eigenvalue weighted by atomic mass is 10.1. The molecule has 3 aromatic rings. The lowest BCUT2D eigenvalue weighted by Crippen LogP contribution is -2.29. The van der Waals surface area contributed by atoms with Gasteiger partial charge in [0.25, 0.3) is 17.7 Å². The van der Waals surface area contributed by atoms with Crippen LogP contribution in [0.25, 0.3) is 0 Å². The Morgan fingerprint density at radius 3 is 2.28 bits per heavy atom. The van der Waals surface area contributed by atoms with Crippen LogP contribution in [0, 0.1) is 6.92 Å². The van der Waals surface area contributed by atoms with Crippen molar-refractivity contribution < 1.29 is 27.9 Å². The molecule has 0 aromatic heterocycles. The van der Waals surface area contributed by atoms with Gasteiger partial charge in [-0.2, -0.15) is 8.78 Å². The predicted octanol–water partition coefficient (Wildman–Crippen LogP) is 4.64. The summed E-state index contributed by atoms with van der Waals surface area (Å²) < 4.78 is 29.6. The highest BCUT2D eigenvalue weighted by Crippen LogP contribution is 2.28. The van der Waals surface area contributed by atoms with E-state index in [0.717, 1.165) is 4.90 Å². The van der Waals surface area contributed by atoms with E-state index in [9.17, 15) is 23.2 Å². The van der Waals surface area contributed by atoms with E-state index in [1.807, 2.05) is 0 Å². The van der Waals surface area contributed by atoms with E-state index in [0.29, 0.717) is 33.5 Å². The van der Waals surface area contributed by atoms with Crippen LogP contribution in [0.3, 0.4) is 0 Å². The molecule has 0 radical (unpaired) electrons. The maximum absolute atomic E-state index is 12.7. The number of hydrogen-bond acceptors (Lipinski definition) is 4. The Morgan fingerprint density at radius 1 is 0.969 bits per heavy atom. The van der Waals surface area contributed by atoms with Gasteiger partial charge in [-0.3, -0.25) is 19.3 Å². The van der Waals surface area contributed by atoms with Crippen molar-refractivity contribution in [2.75, 3.05) is 5.32 Å². The van der Waals surface area contributed by atoms with Crippen LogP contribution >= 0.6 is 0 Å². The standard InChI is InChI=1S/C24H18F2N2O4/c1-14-19(10-5-11-20(14)32-24(25)26)27-21(29)16-7-4-6-15(12-16)13-28-22(30)17-8-2-3-9-18(17)23(28)31/h2-12,24H,13H2,1H3,(H,27,29). The second-order valence-corrected chi connectivity index (χ2v) is 7.20. The van der Waals surface area contributed by atoms with Crippen molar-refractivity contribution in [1.82, 2.24) is 4.90 Å². The van der Waals surface area contributed by atoms with E-state index >= 15 is 0 Å². The summed E-state index contributed by atoms with van der Waals surface area (Å²) in [5.74, 6) is -1.26. The molecule has 1 heterocycles. The summed E-state index contributed by atoms with van der Waals surface area (Å²) in [6.07, 6.45) is 0. The van der Waals surface area contributed by atoms with E-state index in [1.54, 1.807) is 61.5 Å². The quantitative estimate of drug-likeness (QED) is 0.571. The first kappa shape index (κ1) is 21.2. The summed E-state index contributed by atoms with van der Waals surface area (Å²) in [5, 5.41) is 2.68. The number of hydrogen-bond donors (Lipinski definition) is 1. The number of imide groups is 1. The topological polar surface area (TPSA) is 75.7 Å². The van der Waals surface area contributed by atoms with Gasteiger partial charge in [-0.05, 0) is 48.9 Å². The molecule has 0 saturated carbocycles. The molecule has 3 amide bonds. The average molecular weight is 436 g/mol. The Labute approximate surface area is 182 Å². The number of carbonyl (C=O) groups is 3. The van der Waals surface area contributed by atoms with Crippen LogP contribution in [0.2, 0.25) is 0 Å². The number of amides is 3. The number of anilines is 1. The summed E-state index contributed by atoms with van der Waals surface area (Å²) in [7, 11) is 0. The van der Waals surface area contributed by atoms with Crippen molar-refractivity contribution in [2.45, 2.75) is 20.1 Å². The van der Waals surface area contributed by atoms with E-state index in [-0.39, 0.29) is 24.1 Å². The normalized spacial score (nSPS) is 12.8. The van der Waals surface area contributed by atoms with Crippen molar-refractivity contribution in [1.29, 1.82) is 0 Å². The van der Waals surface area contributed by atoms with Crippen molar-refractivity contribution >= 4 is 23.4 Å². The summed E-state index contributed by atoms with van der Waals surface area (Å²) in [6.45, 7) is -1.39. The predicted molar refractivity (Wildman–Crippen MR) is 113 cm³/mol. The fourth-order valence-corrected chi connectivity index (χ4v) is 3.54. The van der Waals surface area contributed by atoms with Crippen LogP contribution in [-0.4, -0.2) is 29.2 Å². The number of halogens is 2. The summed E-state index contributed by atoms with van der Waals surface area (Å²) in [4.78, 5) is 39.0. The van der Waals surface area contributed by atoms with Crippen molar-refractivity contribution in [2.24, 2.45) is 0 Å². The van der Waals surface area contributed by atoms with Crippen molar-refractivity contribution in [3.05, 3.63) is 94.5 Å². The summed E-state index contributed by atoms with van der Waals surface area (Å²) in [6, 6.07) is 17.6. The van der Waals surface area contributed by atoms with Crippen LogP contribution in [0.1, 0.15) is 42.2 Å². The Morgan fingerprint density at radius 2 is 1.62 bits per heavy atom. The maximum atomic E-state index is 12.7. The largest absolute Gasteiger partial charge is 0.434 e. The van der Waals surface area contributed by atoms with E-state index in [1.165, 1.54) is 12.1 Å². The van der Waals surface area contributed by atoms with Crippen LogP contribution in [0.15, 0.2) is 66.7 Å². The van der Waals surface area contributed by atoms with Crippen LogP contribution in [0.5, 0.6) is 5.75 Å². The minimum atomic E-state index is -2.97. The monoisotopic (exact) mass is 436 g/mol. The zero-order valence-corrected chi connectivity index (χ0v) is 17.0. The zero-order chi connectivity index (χ0) is 22.8. The SMILES string of the molecule is Cc1c(NC(=O)c2cccc(CN3C(=O)c4ccccc4C3=O)c2)cccc1OC(F)F. The van der Waals surface area contributed by atoms with Gasteiger partial charge in [0.15, 0.2) is 0 Å². The lowest BCUT2D eigenvalue weighted by Gasteiger charge is -2.15. The molecule has 8 heteroatoms. The van der Waals surface area contributed by atoms with Gasteiger partial charge >= 0.3 is 6.61 Å². The van der Waals surface area contributed by atoms with Crippen molar-refractivity contribution in [3.8, 4) is 5.75 Å². The maximum Gasteiger partial charge on any atom is 0.387 e. The molecule has 0 atom stereocenters. The molecule has 32 heavy (non-hydrogen) atoms. The first-order valence-electron chi connectivity index (χ1n) is 9.75. The minimum absolute atomic E-state index is 0.0181. The molecule has 3 aromatic carbocycles. The number of rotatable bonds is 6. The van der Waals surface area contributed by atoms with E-state index < -0.39 is 12.5 Å². The van der Waals surface area contributed by atoms with Gasteiger partial charge in [-0.1, -0.05) is 30.3 Å². The molecular formula is C24H18F2N2O4. The molecule has 0 fully saturated rings. The third kappa shape index (κ3) is 4.07. The number of benzene rings is 3. The second kappa shape index (κ2) is 8.58. The van der Waals surface area contributed by atoms with Crippen LogP contribution in [-0.2, 0) is 6.54 Å². The number of fused-ring (bicyclic) bond motifs is 1.